The number of benzene rings is 2. The standard InChI is InChI=1S/C22H18Cl2N4O5S/c1-11-10-14(23)4-9-17(11)28-21(29)18(24)19(22(28)30)25-15-5-7-16(8-6-15)34(31,32)27-20-12(2)13(3)26-33-20/h4-10H,1-3H3,(H2,25,26,27,29)/p-1. The number of carbonyl (C=O) groups excluding carboxylic acids is 2. The van der Waals surface area contributed by atoms with Crippen LogP contribution >= 0.6 is 23.2 Å². The van der Waals surface area contributed by atoms with Crippen LogP contribution < -0.4 is 10.2 Å². The van der Waals surface area contributed by atoms with E-state index >= 15 is 0 Å². The summed E-state index contributed by atoms with van der Waals surface area (Å²) in [7, 11) is -4.06. The molecule has 0 atom stereocenters. The molecule has 0 radical (unpaired) electrons. The van der Waals surface area contributed by atoms with E-state index in [1.165, 1.54) is 24.3 Å². The fraction of sp³-hybridized carbons (Fsp3) is 0.136. The lowest BCUT2D eigenvalue weighted by atomic mass is 10.2. The molecule has 0 saturated carbocycles. The van der Waals surface area contributed by atoms with Crippen LogP contribution in [0.2, 0.25) is 5.02 Å². The van der Waals surface area contributed by atoms with Gasteiger partial charge in [0.1, 0.15) is 20.8 Å². The van der Waals surface area contributed by atoms with Gasteiger partial charge < -0.3 is 14.6 Å². The second kappa shape index (κ2) is 8.79. The highest BCUT2D eigenvalue weighted by Gasteiger charge is 2.39. The topological polar surface area (TPSA) is 124 Å². The highest BCUT2D eigenvalue weighted by Crippen LogP contribution is 2.34. The molecule has 176 valence electrons. The van der Waals surface area contributed by atoms with Gasteiger partial charge in [-0.3, -0.25) is 9.59 Å². The number of rotatable bonds is 6. The molecule has 0 saturated heterocycles. The van der Waals surface area contributed by atoms with E-state index in [1.807, 2.05) is 0 Å². The van der Waals surface area contributed by atoms with Gasteiger partial charge in [0, 0.05) is 10.7 Å². The summed E-state index contributed by atoms with van der Waals surface area (Å²) in [6.45, 7) is 5.04. The molecule has 3 aromatic rings. The molecule has 4 rings (SSSR count). The average molecular weight is 520 g/mol. The van der Waals surface area contributed by atoms with Crippen molar-refractivity contribution >= 4 is 62.3 Å². The summed E-state index contributed by atoms with van der Waals surface area (Å²) >= 11 is 12.1. The highest BCUT2D eigenvalue weighted by atomic mass is 35.5. The molecule has 9 nitrogen and oxygen atoms in total. The summed E-state index contributed by atoms with van der Waals surface area (Å²) in [5, 5.41) is 6.67. The zero-order valence-corrected chi connectivity index (χ0v) is 20.4. The molecule has 0 aliphatic carbocycles. The maximum absolute atomic E-state index is 13.0. The quantitative estimate of drug-likeness (QED) is 0.450. The van der Waals surface area contributed by atoms with Crippen molar-refractivity contribution in [3.8, 4) is 0 Å². The second-order valence-electron chi connectivity index (χ2n) is 7.48. The molecule has 0 spiro atoms. The number of imide groups is 1. The van der Waals surface area contributed by atoms with Crippen molar-refractivity contribution in [1.29, 1.82) is 0 Å². The van der Waals surface area contributed by atoms with Crippen molar-refractivity contribution in [2.75, 3.05) is 10.2 Å². The summed E-state index contributed by atoms with van der Waals surface area (Å²) in [5.41, 5.74) is 2.25. The number of aryl methyl sites for hydroxylation is 2. The average Bonchev–Trinajstić information content (AvgIpc) is 3.20. The summed E-state index contributed by atoms with van der Waals surface area (Å²) < 4.78 is 33.8. The van der Waals surface area contributed by atoms with Gasteiger partial charge in [-0.15, -0.1) is 0 Å². The van der Waals surface area contributed by atoms with Crippen LogP contribution in [0.5, 0.6) is 0 Å². The number of nitrogens with one attached hydrogen (secondary N) is 1. The monoisotopic (exact) mass is 519 g/mol. The minimum Gasteiger partial charge on any atom is -0.539 e. The van der Waals surface area contributed by atoms with Gasteiger partial charge in [0.25, 0.3) is 11.8 Å². The van der Waals surface area contributed by atoms with Crippen LogP contribution in [0.15, 0.2) is 62.6 Å². The zero-order valence-electron chi connectivity index (χ0n) is 18.1. The Bertz CT molecular complexity index is 1460. The first-order valence-electron chi connectivity index (χ1n) is 9.82. The molecule has 2 amide bonds. The molecule has 1 N–H and O–H groups in total. The van der Waals surface area contributed by atoms with E-state index in [4.69, 9.17) is 27.7 Å². The molecule has 2 aromatic carbocycles. The lowest BCUT2D eigenvalue weighted by Gasteiger charge is -2.19. The van der Waals surface area contributed by atoms with E-state index in [9.17, 15) is 18.0 Å². The fourth-order valence-electron chi connectivity index (χ4n) is 3.20. The van der Waals surface area contributed by atoms with Gasteiger partial charge >= 0.3 is 0 Å². The van der Waals surface area contributed by atoms with Gasteiger partial charge in [-0.2, -0.15) is 0 Å². The van der Waals surface area contributed by atoms with Gasteiger partial charge in [0.15, 0.2) is 0 Å². The van der Waals surface area contributed by atoms with Crippen LogP contribution in [0.3, 0.4) is 0 Å². The summed E-state index contributed by atoms with van der Waals surface area (Å²) in [5.74, 6) is -1.43. The molecule has 1 aliphatic rings. The van der Waals surface area contributed by atoms with Gasteiger partial charge in [0.2, 0.25) is 0 Å². The molecular weight excluding hydrogens is 503 g/mol. The van der Waals surface area contributed by atoms with Crippen LogP contribution in [-0.4, -0.2) is 25.4 Å². The Balaban J connectivity index is 1.54. The van der Waals surface area contributed by atoms with E-state index < -0.39 is 21.8 Å². The zero-order chi connectivity index (χ0) is 24.8. The van der Waals surface area contributed by atoms with E-state index in [-0.39, 0.29) is 21.5 Å². The van der Waals surface area contributed by atoms with E-state index in [0.717, 1.165) is 4.90 Å². The molecular formula is C22H17Cl2N4O5S-. The SMILES string of the molecule is Cc1cc(Cl)ccc1N1C(=O)C(Cl)=C(Nc2ccc(S(=O)(=O)[N-]c3onc(C)c3C)cc2)C1=O. The van der Waals surface area contributed by atoms with Gasteiger partial charge in [-0.25, -0.2) is 13.3 Å². The van der Waals surface area contributed by atoms with Crippen LogP contribution in [0.4, 0.5) is 17.3 Å². The first-order chi connectivity index (χ1) is 16.0. The number of carbonyl (C=O) groups is 2. The number of amides is 2. The number of hydrogen-bond donors (Lipinski definition) is 1. The molecule has 2 heterocycles. The Morgan fingerprint density at radius 2 is 1.68 bits per heavy atom. The van der Waals surface area contributed by atoms with Crippen LogP contribution in [0.1, 0.15) is 16.8 Å². The predicted molar refractivity (Wildman–Crippen MR) is 128 cm³/mol. The summed E-state index contributed by atoms with van der Waals surface area (Å²) in [6.07, 6.45) is 0. The lowest BCUT2D eigenvalue weighted by Crippen LogP contribution is -2.32. The van der Waals surface area contributed by atoms with Gasteiger partial charge in [0.05, 0.1) is 22.2 Å². The summed E-state index contributed by atoms with van der Waals surface area (Å²) in [4.78, 5) is 26.5. The van der Waals surface area contributed by atoms with E-state index in [1.54, 1.807) is 39.0 Å². The molecule has 0 unspecified atom stereocenters. The third-order valence-corrected chi connectivity index (χ3v) is 7.04. The highest BCUT2D eigenvalue weighted by molar-refractivity contribution is 7.94. The lowest BCUT2D eigenvalue weighted by molar-refractivity contribution is -0.120. The normalized spacial score (nSPS) is 14.2. The van der Waals surface area contributed by atoms with Crippen molar-refractivity contribution < 1.29 is 22.5 Å². The van der Waals surface area contributed by atoms with Crippen molar-refractivity contribution in [3.05, 3.63) is 79.8 Å². The van der Waals surface area contributed by atoms with Crippen LogP contribution in [0, 0.1) is 20.8 Å². The second-order valence-corrected chi connectivity index (χ2v) is 9.90. The van der Waals surface area contributed by atoms with Crippen molar-refractivity contribution in [2.24, 2.45) is 0 Å². The Hall–Kier alpha value is -3.34. The van der Waals surface area contributed by atoms with Crippen molar-refractivity contribution in [3.63, 3.8) is 0 Å². The van der Waals surface area contributed by atoms with Crippen molar-refractivity contribution in [2.45, 2.75) is 25.7 Å². The van der Waals surface area contributed by atoms with E-state index in [0.29, 0.717) is 33.2 Å². The summed E-state index contributed by atoms with van der Waals surface area (Å²) in [6, 6.07) is 10.2. The number of halogens is 2. The minimum atomic E-state index is -4.06. The first-order valence-corrected chi connectivity index (χ1v) is 12.0. The number of anilines is 2. The largest absolute Gasteiger partial charge is 0.539 e. The molecule has 1 aromatic heterocycles. The number of aromatic nitrogens is 1. The maximum Gasteiger partial charge on any atom is 0.283 e. The smallest absolute Gasteiger partial charge is 0.283 e. The Labute approximate surface area is 205 Å². The van der Waals surface area contributed by atoms with Crippen LogP contribution in [0.25, 0.3) is 4.72 Å². The third kappa shape index (κ3) is 4.27. The molecule has 0 bridgehead atoms. The molecule has 1 aliphatic heterocycles. The number of nitrogens with zero attached hydrogens (tertiary/aromatic N) is 3. The third-order valence-electron chi connectivity index (χ3n) is 5.18. The van der Waals surface area contributed by atoms with Gasteiger partial charge in [-0.05, 0) is 74.4 Å². The Kier molecular flexibility index (Phi) is 6.15. The fourth-order valence-corrected chi connectivity index (χ4v) is 4.62. The first kappa shape index (κ1) is 23.8. The van der Waals surface area contributed by atoms with Crippen molar-refractivity contribution in [1.82, 2.24) is 5.16 Å². The minimum absolute atomic E-state index is 0.0933. The van der Waals surface area contributed by atoms with Crippen LogP contribution in [-0.2, 0) is 19.6 Å². The number of hydrogen-bond acceptors (Lipinski definition) is 7. The molecule has 12 heteroatoms. The molecule has 34 heavy (non-hydrogen) atoms. The number of sulfonamides is 1. The van der Waals surface area contributed by atoms with Gasteiger partial charge in [-0.1, -0.05) is 28.4 Å². The Morgan fingerprint density at radius 1 is 1.00 bits per heavy atom. The Morgan fingerprint density at radius 3 is 2.26 bits per heavy atom. The predicted octanol–water partition coefficient (Wildman–Crippen LogP) is 5.08. The maximum atomic E-state index is 13.0. The molecule has 0 fully saturated rings. The van der Waals surface area contributed by atoms with E-state index in [2.05, 4.69) is 15.2 Å².